The first-order valence-corrected chi connectivity index (χ1v) is 50.5. The fraction of sp³-hybridized carbons (Fsp3) is 0.747. The number of hydrogen-bond donors (Lipinski definition) is 4. The lowest BCUT2D eigenvalue weighted by molar-refractivity contribution is -0.161. The largest absolute Gasteiger partial charge is 0.472 e. The second-order valence-electron chi connectivity index (χ2n) is 31.8. The molecule has 0 saturated carbocycles. The van der Waals surface area contributed by atoms with E-state index in [1.54, 1.807) is 0 Å². The fourth-order valence-corrected chi connectivity index (χ4v) is 14.7. The third kappa shape index (κ3) is 92.3. The van der Waals surface area contributed by atoms with Gasteiger partial charge in [0, 0.05) is 19.3 Å². The SMILES string of the molecule is CC/C=C\C/C=C\C/C=C\C/C=C\C/C=C\C/C=C\CCCCCCCCCCCCCCCCCCC(=O)OCC(O)COP(=O)(O)OCC(O)COP(=O)(O)OCC(COC(=O)CCCCCCCCCCCCCCCCCCC/C=C\C/C=C\C/C=C\C/C=C\CCCCC)OC(=O)CCCCCCC/C=C\CCCCCC. The summed E-state index contributed by atoms with van der Waals surface area (Å²) in [5.74, 6) is -1.57. The molecule has 0 spiro atoms. The normalized spacial score (nSPS) is 14.4. The van der Waals surface area contributed by atoms with Gasteiger partial charge in [0.05, 0.1) is 26.4 Å². The summed E-state index contributed by atoms with van der Waals surface area (Å²) in [4.78, 5) is 58.9. The van der Waals surface area contributed by atoms with Gasteiger partial charge in [-0.15, -0.1) is 0 Å². The highest BCUT2D eigenvalue weighted by Crippen LogP contribution is 2.45. The summed E-state index contributed by atoms with van der Waals surface area (Å²) < 4.78 is 61.4. The highest BCUT2D eigenvalue weighted by atomic mass is 31.2. The first kappa shape index (κ1) is 113. The number of phosphoric ester groups is 2. The average Bonchev–Trinajstić information content (AvgIpc) is 0.900. The van der Waals surface area contributed by atoms with Gasteiger partial charge >= 0.3 is 33.6 Å². The zero-order valence-electron chi connectivity index (χ0n) is 74.6. The van der Waals surface area contributed by atoms with Gasteiger partial charge in [0.15, 0.2) is 6.10 Å². The predicted molar refractivity (Wildman–Crippen MR) is 491 cm³/mol. The summed E-state index contributed by atoms with van der Waals surface area (Å²) in [5, 5.41) is 20.7. The Hall–Kier alpha value is -4.31. The van der Waals surface area contributed by atoms with E-state index >= 15 is 0 Å². The number of phosphoric acid groups is 2. The van der Waals surface area contributed by atoms with Crippen molar-refractivity contribution in [1.82, 2.24) is 0 Å². The summed E-state index contributed by atoms with van der Waals surface area (Å²) >= 11 is 0. The molecule has 117 heavy (non-hydrogen) atoms. The molecule has 0 amide bonds. The monoisotopic (exact) mass is 1680 g/mol. The van der Waals surface area contributed by atoms with Gasteiger partial charge in [-0.2, -0.15) is 0 Å². The minimum atomic E-state index is -4.94. The standard InChI is InChI=1S/C99H174O16P2/c1-4-7-10-13-16-19-22-25-27-29-31-33-35-37-39-41-43-45-46-48-50-51-53-55-57-59-61-63-65-68-70-73-76-79-82-85-97(102)109-88-94(100)89-111-116(105,106)112-90-95(101)91-113-117(107,108)114-93-96(115-99(104)87-84-81-78-75-72-67-24-21-18-15-12-9-6-3)92-110-98(103)86-83-80-77-74-71-69-66-64-62-60-58-56-54-52-49-47-44-42-40-38-36-34-32-30-28-26-23-20-17-14-11-8-5-2/h7,10,16-17,19-21,24-28,31-34,37-40,43,45,94-96,100-101H,4-6,8-9,11-15,18,22-23,29-30,35-36,41-42,44,46-93H2,1-3H3,(H,105,106)(H,107,108)/b10-7-,19-16-,20-17-,24-21-,27-25-,28-26-,33-31-,34-32-,39-37-,40-38-,45-43-. The van der Waals surface area contributed by atoms with Crippen molar-refractivity contribution < 1.29 is 75.8 Å². The number of unbranched alkanes of at least 4 members (excludes halogenated alkanes) is 45. The Balaban J connectivity index is 4.36. The lowest BCUT2D eigenvalue weighted by atomic mass is 10.0. The van der Waals surface area contributed by atoms with E-state index < -0.39 is 91.5 Å². The van der Waals surface area contributed by atoms with Crippen molar-refractivity contribution in [3.63, 3.8) is 0 Å². The van der Waals surface area contributed by atoms with Crippen molar-refractivity contribution in [1.29, 1.82) is 0 Å². The zero-order chi connectivity index (χ0) is 85.1. The van der Waals surface area contributed by atoms with Crippen LogP contribution in [0.1, 0.15) is 419 Å². The number of carbonyl (C=O) groups is 3. The quantitative estimate of drug-likeness (QED) is 0.0146. The number of ether oxygens (including phenoxy) is 3. The van der Waals surface area contributed by atoms with Crippen molar-refractivity contribution in [3.8, 4) is 0 Å². The second kappa shape index (κ2) is 90.9. The summed E-state index contributed by atoms with van der Waals surface area (Å²) in [7, 11) is -9.80. The first-order valence-electron chi connectivity index (χ1n) is 47.5. The molecule has 0 aliphatic heterocycles. The van der Waals surface area contributed by atoms with Gasteiger partial charge in [-0.1, -0.05) is 392 Å². The molecule has 0 saturated heterocycles. The van der Waals surface area contributed by atoms with Crippen LogP contribution in [0, 0.1) is 0 Å². The van der Waals surface area contributed by atoms with Crippen LogP contribution in [0.2, 0.25) is 0 Å². The zero-order valence-corrected chi connectivity index (χ0v) is 76.4. The molecule has 0 rings (SSSR count). The average molecular weight is 1680 g/mol. The Labute approximate surface area is 715 Å². The van der Waals surface area contributed by atoms with Crippen molar-refractivity contribution in [2.45, 2.75) is 437 Å². The summed E-state index contributed by atoms with van der Waals surface area (Å²) in [5.41, 5.74) is 0. The van der Waals surface area contributed by atoms with Crippen LogP contribution >= 0.6 is 15.6 Å². The molecule has 0 aromatic carbocycles. The molecule has 0 radical (unpaired) electrons. The van der Waals surface area contributed by atoms with Crippen LogP contribution in [0.5, 0.6) is 0 Å². The molecule has 18 heteroatoms. The minimum Gasteiger partial charge on any atom is -0.463 e. The molecule has 0 aliphatic carbocycles. The maximum Gasteiger partial charge on any atom is 0.472 e. The third-order valence-corrected chi connectivity index (χ3v) is 22.2. The van der Waals surface area contributed by atoms with E-state index in [-0.39, 0.29) is 19.3 Å². The predicted octanol–water partition coefficient (Wildman–Crippen LogP) is 29.3. The summed E-state index contributed by atoms with van der Waals surface area (Å²) in [6.45, 7) is 2.58. The van der Waals surface area contributed by atoms with Gasteiger partial charge in [0.2, 0.25) is 0 Å². The lowest BCUT2D eigenvalue weighted by Gasteiger charge is -2.21. The van der Waals surface area contributed by atoms with Crippen LogP contribution in [0.25, 0.3) is 0 Å². The van der Waals surface area contributed by atoms with Crippen LogP contribution in [0.4, 0.5) is 0 Å². The Morgan fingerprint density at radius 2 is 0.453 bits per heavy atom. The van der Waals surface area contributed by atoms with Crippen molar-refractivity contribution in [2.75, 3.05) is 39.6 Å². The molecular formula is C99H174O16P2. The van der Waals surface area contributed by atoms with Gasteiger partial charge in [0.25, 0.3) is 0 Å². The summed E-state index contributed by atoms with van der Waals surface area (Å²) in [6, 6.07) is 0. The van der Waals surface area contributed by atoms with E-state index in [1.807, 2.05) is 0 Å². The number of hydrogen-bond acceptors (Lipinski definition) is 14. The van der Waals surface area contributed by atoms with Gasteiger partial charge < -0.3 is 34.2 Å². The van der Waals surface area contributed by atoms with Crippen LogP contribution in [0.3, 0.4) is 0 Å². The van der Waals surface area contributed by atoms with Crippen LogP contribution < -0.4 is 0 Å². The molecule has 5 atom stereocenters. The molecule has 0 fully saturated rings. The Morgan fingerprint density at radius 1 is 0.248 bits per heavy atom. The smallest absolute Gasteiger partial charge is 0.463 e. The van der Waals surface area contributed by atoms with E-state index in [0.29, 0.717) is 19.3 Å². The molecule has 16 nitrogen and oxygen atoms in total. The molecule has 0 aromatic rings. The van der Waals surface area contributed by atoms with E-state index in [1.165, 1.54) is 225 Å². The van der Waals surface area contributed by atoms with E-state index in [0.717, 1.165) is 135 Å². The first-order chi connectivity index (χ1) is 57.2. The van der Waals surface area contributed by atoms with Gasteiger partial charge in [-0.05, 0) is 141 Å². The molecule has 0 heterocycles. The van der Waals surface area contributed by atoms with E-state index in [2.05, 4.69) is 154 Å². The van der Waals surface area contributed by atoms with Crippen molar-refractivity contribution in [2.24, 2.45) is 0 Å². The maximum atomic E-state index is 13.0. The molecule has 5 unspecified atom stereocenters. The van der Waals surface area contributed by atoms with Gasteiger partial charge in [0.1, 0.15) is 25.4 Å². The van der Waals surface area contributed by atoms with Crippen LogP contribution in [-0.2, 0) is 55.8 Å². The molecule has 0 aromatic heterocycles. The molecular weight excluding hydrogens is 1510 g/mol. The lowest BCUT2D eigenvalue weighted by Crippen LogP contribution is -2.30. The molecule has 4 N–H and O–H groups in total. The number of aliphatic hydroxyl groups is 2. The molecule has 0 aliphatic rings. The Morgan fingerprint density at radius 3 is 0.744 bits per heavy atom. The second-order valence-corrected chi connectivity index (χ2v) is 34.7. The maximum absolute atomic E-state index is 13.0. The van der Waals surface area contributed by atoms with Gasteiger partial charge in [-0.25, -0.2) is 9.13 Å². The van der Waals surface area contributed by atoms with Crippen LogP contribution in [0.15, 0.2) is 134 Å². The number of aliphatic hydroxyl groups excluding tert-OH is 2. The van der Waals surface area contributed by atoms with E-state index in [4.69, 9.17) is 32.3 Å². The third-order valence-electron chi connectivity index (χ3n) is 20.3. The molecule has 676 valence electrons. The van der Waals surface area contributed by atoms with Crippen LogP contribution in [-0.4, -0.2) is 95.9 Å². The molecule has 0 bridgehead atoms. The number of rotatable bonds is 90. The number of carbonyl (C=O) groups excluding carboxylic acids is 3. The highest BCUT2D eigenvalue weighted by Gasteiger charge is 2.30. The minimum absolute atomic E-state index is 0.0962. The Kier molecular flexibility index (Phi) is 87.6. The highest BCUT2D eigenvalue weighted by molar-refractivity contribution is 7.47. The Bertz CT molecular complexity index is 2660. The fourth-order valence-electron chi connectivity index (χ4n) is 13.1. The number of esters is 3. The number of allylic oxidation sites excluding steroid dienone is 22. The van der Waals surface area contributed by atoms with Crippen molar-refractivity contribution >= 4 is 33.6 Å². The van der Waals surface area contributed by atoms with E-state index in [9.17, 15) is 43.5 Å². The van der Waals surface area contributed by atoms with Crippen molar-refractivity contribution in [3.05, 3.63) is 134 Å². The topological polar surface area (TPSA) is 231 Å². The van der Waals surface area contributed by atoms with Gasteiger partial charge in [-0.3, -0.25) is 32.5 Å². The summed E-state index contributed by atoms with van der Waals surface area (Å²) in [6.07, 6.45) is 114.